The standard InChI is InChI=1S/C13H23N3O.C2H6/c1-10(8-9-16-13(14)15-4)6-7-11(2)12(3)17-5;1-2/h6-7H,3,8-9H2,1-2,4-5H3,(H3,14,15,16);1-2H3/b10-6+,11-7-;. The zero-order valence-electron chi connectivity index (χ0n) is 13.2. The third kappa shape index (κ3) is 11.1. The van der Waals surface area contributed by atoms with E-state index in [9.17, 15) is 0 Å². The minimum absolute atomic E-state index is 0.470. The Morgan fingerprint density at radius 2 is 1.89 bits per heavy atom. The van der Waals surface area contributed by atoms with E-state index in [2.05, 4.69) is 29.9 Å². The average Bonchev–Trinajstić information content (AvgIpc) is 2.45. The molecular weight excluding hydrogens is 238 g/mol. The molecule has 0 rings (SSSR count). The van der Waals surface area contributed by atoms with Crippen LogP contribution in [-0.4, -0.2) is 26.7 Å². The highest BCUT2D eigenvalue weighted by Crippen LogP contribution is 2.08. The molecule has 4 nitrogen and oxygen atoms in total. The van der Waals surface area contributed by atoms with Crippen molar-refractivity contribution in [2.24, 2.45) is 10.7 Å². The van der Waals surface area contributed by atoms with Crippen LogP contribution >= 0.6 is 0 Å². The van der Waals surface area contributed by atoms with Gasteiger partial charge in [0.1, 0.15) is 5.76 Å². The van der Waals surface area contributed by atoms with Crippen LogP contribution in [0.15, 0.2) is 40.6 Å². The molecule has 0 aromatic heterocycles. The molecule has 4 heteroatoms. The average molecular weight is 267 g/mol. The molecule has 0 aromatic carbocycles. The van der Waals surface area contributed by atoms with E-state index in [4.69, 9.17) is 10.5 Å². The van der Waals surface area contributed by atoms with Gasteiger partial charge in [-0.25, -0.2) is 0 Å². The minimum atomic E-state index is 0.470. The smallest absolute Gasteiger partial charge is 0.188 e. The molecule has 0 aliphatic carbocycles. The number of nitrogens with zero attached hydrogens (tertiary/aromatic N) is 1. The number of aliphatic imine (C=N–C) groups is 1. The maximum atomic E-state index is 5.52. The Kier molecular flexibility index (Phi) is 13.2. The Labute approximate surface area is 118 Å². The van der Waals surface area contributed by atoms with Crippen molar-refractivity contribution < 1.29 is 4.74 Å². The van der Waals surface area contributed by atoms with Crippen molar-refractivity contribution in [3.63, 3.8) is 0 Å². The van der Waals surface area contributed by atoms with E-state index >= 15 is 0 Å². The number of hydrogen-bond acceptors (Lipinski definition) is 2. The summed E-state index contributed by atoms with van der Waals surface area (Å²) in [7, 11) is 3.28. The maximum Gasteiger partial charge on any atom is 0.188 e. The predicted octanol–water partition coefficient (Wildman–Crippen LogP) is 2.99. The summed E-state index contributed by atoms with van der Waals surface area (Å²) in [6.45, 7) is 12.6. The molecule has 110 valence electrons. The van der Waals surface area contributed by atoms with Crippen molar-refractivity contribution in [2.45, 2.75) is 34.1 Å². The van der Waals surface area contributed by atoms with Crippen molar-refractivity contribution in [1.29, 1.82) is 0 Å². The van der Waals surface area contributed by atoms with Crippen LogP contribution in [0.3, 0.4) is 0 Å². The van der Waals surface area contributed by atoms with Gasteiger partial charge in [-0.2, -0.15) is 0 Å². The summed E-state index contributed by atoms with van der Waals surface area (Å²) < 4.78 is 5.03. The van der Waals surface area contributed by atoms with Crippen LogP contribution in [0.1, 0.15) is 34.1 Å². The third-order valence-corrected chi connectivity index (χ3v) is 2.37. The van der Waals surface area contributed by atoms with Crippen LogP contribution in [0.4, 0.5) is 0 Å². The van der Waals surface area contributed by atoms with Gasteiger partial charge in [0.15, 0.2) is 5.96 Å². The number of hydrogen-bond donors (Lipinski definition) is 2. The molecule has 19 heavy (non-hydrogen) atoms. The second kappa shape index (κ2) is 12.7. The lowest BCUT2D eigenvalue weighted by atomic mass is 10.1. The highest BCUT2D eigenvalue weighted by molar-refractivity contribution is 5.77. The molecule has 3 N–H and O–H groups in total. The number of guanidine groups is 1. The molecule has 0 saturated carbocycles. The fourth-order valence-corrected chi connectivity index (χ4v) is 1.07. The van der Waals surface area contributed by atoms with Crippen molar-refractivity contribution in [2.75, 3.05) is 20.7 Å². The fourth-order valence-electron chi connectivity index (χ4n) is 1.07. The molecule has 0 aromatic rings. The van der Waals surface area contributed by atoms with Gasteiger partial charge in [-0.05, 0) is 25.8 Å². The number of ether oxygens (including phenoxy) is 1. The first-order valence-corrected chi connectivity index (χ1v) is 6.54. The molecule has 0 saturated heterocycles. The summed E-state index contributed by atoms with van der Waals surface area (Å²) in [5.74, 6) is 1.16. The Hall–Kier alpha value is -1.71. The zero-order valence-corrected chi connectivity index (χ0v) is 13.2. The minimum Gasteiger partial charge on any atom is -0.497 e. The summed E-state index contributed by atoms with van der Waals surface area (Å²) >= 11 is 0. The van der Waals surface area contributed by atoms with Crippen LogP contribution in [0.5, 0.6) is 0 Å². The summed E-state index contributed by atoms with van der Waals surface area (Å²) in [6.07, 6.45) is 4.97. The number of methoxy groups -OCH3 is 1. The predicted molar refractivity (Wildman–Crippen MR) is 85.2 cm³/mol. The largest absolute Gasteiger partial charge is 0.497 e. The van der Waals surface area contributed by atoms with Gasteiger partial charge in [0.2, 0.25) is 0 Å². The molecule has 0 aliphatic heterocycles. The summed E-state index contributed by atoms with van der Waals surface area (Å²) in [5.41, 5.74) is 7.80. The van der Waals surface area contributed by atoms with Crippen molar-refractivity contribution in [3.8, 4) is 0 Å². The molecule has 0 fully saturated rings. The normalized spacial score (nSPS) is 12.4. The second-order valence-electron chi connectivity index (χ2n) is 3.78. The van der Waals surface area contributed by atoms with Crippen LogP contribution in [0.25, 0.3) is 0 Å². The van der Waals surface area contributed by atoms with E-state index in [0.29, 0.717) is 11.7 Å². The van der Waals surface area contributed by atoms with Gasteiger partial charge in [-0.15, -0.1) is 0 Å². The van der Waals surface area contributed by atoms with Gasteiger partial charge in [0.05, 0.1) is 7.11 Å². The SMILES string of the molecule is C=C(OC)/C(C)=C\C=C(/C)CCNC(N)=NC.CC. The molecule has 0 heterocycles. The Bertz CT molecular complexity index is 341. The number of allylic oxidation sites excluding steroid dienone is 3. The van der Waals surface area contributed by atoms with Gasteiger partial charge < -0.3 is 15.8 Å². The molecule has 0 spiro atoms. The monoisotopic (exact) mass is 267 g/mol. The lowest BCUT2D eigenvalue weighted by molar-refractivity contribution is 0.303. The molecule has 0 atom stereocenters. The summed E-state index contributed by atoms with van der Waals surface area (Å²) in [6, 6.07) is 0. The van der Waals surface area contributed by atoms with Crippen LogP contribution in [-0.2, 0) is 4.74 Å². The lowest BCUT2D eigenvalue weighted by Gasteiger charge is -2.05. The molecule has 0 unspecified atom stereocenters. The van der Waals surface area contributed by atoms with E-state index in [1.54, 1.807) is 14.2 Å². The quantitative estimate of drug-likeness (QED) is 0.336. The van der Waals surface area contributed by atoms with Gasteiger partial charge in [-0.3, -0.25) is 4.99 Å². The first-order valence-electron chi connectivity index (χ1n) is 6.54. The van der Waals surface area contributed by atoms with Crippen molar-refractivity contribution in [1.82, 2.24) is 5.32 Å². The topological polar surface area (TPSA) is 59.6 Å². The molecular formula is C15H29N3O. The highest BCUT2D eigenvalue weighted by atomic mass is 16.5. The van der Waals surface area contributed by atoms with Gasteiger partial charge >= 0.3 is 0 Å². The summed E-state index contributed by atoms with van der Waals surface area (Å²) in [4.78, 5) is 3.82. The van der Waals surface area contributed by atoms with Gasteiger partial charge in [0.25, 0.3) is 0 Å². The van der Waals surface area contributed by atoms with Crippen molar-refractivity contribution >= 4 is 5.96 Å². The van der Waals surface area contributed by atoms with E-state index in [1.165, 1.54) is 5.57 Å². The Morgan fingerprint density at radius 3 is 2.37 bits per heavy atom. The maximum absolute atomic E-state index is 5.52. The highest BCUT2D eigenvalue weighted by Gasteiger charge is 1.94. The lowest BCUT2D eigenvalue weighted by Crippen LogP contribution is -2.32. The number of nitrogens with two attached hydrogens (primary N) is 1. The Balaban J connectivity index is 0. The molecule has 0 aliphatic rings. The Morgan fingerprint density at radius 1 is 1.32 bits per heavy atom. The van der Waals surface area contributed by atoms with Gasteiger partial charge in [0, 0.05) is 13.6 Å². The number of nitrogens with one attached hydrogen (secondary N) is 1. The zero-order chi connectivity index (χ0) is 15.3. The van der Waals surface area contributed by atoms with E-state index in [0.717, 1.165) is 18.5 Å². The van der Waals surface area contributed by atoms with E-state index in [-0.39, 0.29) is 0 Å². The van der Waals surface area contributed by atoms with E-state index in [1.807, 2.05) is 26.8 Å². The van der Waals surface area contributed by atoms with Crippen LogP contribution in [0, 0.1) is 0 Å². The number of rotatable bonds is 6. The molecule has 0 radical (unpaired) electrons. The molecule has 0 amide bonds. The van der Waals surface area contributed by atoms with E-state index < -0.39 is 0 Å². The molecule has 0 bridgehead atoms. The third-order valence-electron chi connectivity index (χ3n) is 2.37. The first-order chi connectivity index (χ1) is 9.01. The fraction of sp³-hybridized carbons (Fsp3) is 0.533. The van der Waals surface area contributed by atoms with Crippen molar-refractivity contribution in [3.05, 3.63) is 35.6 Å². The second-order valence-corrected chi connectivity index (χ2v) is 3.78. The summed E-state index contributed by atoms with van der Waals surface area (Å²) in [5, 5.41) is 3.01. The van der Waals surface area contributed by atoms with Gasteiger partial charge in [-0.1, -0.05) is 38.2 Å². The van der Waals surface area contributed by atoms with Crippen LogP contribution < -0.4 is 11.1 Å². The van der Waals surface area contributed by atoms with Crippen LogP contribution in [0.2, 0.25) is 0 Å². The first kappa shape index (κ1) is 19.6.